The lowest BCUT2D eigenvalue weighted by molar-refractivity contribution is 0.102. The van der Waals surface area contributed by atoms with Crippen LogP contribution in [-0.2, 0) is 4.74 Å². The topological polar surface area (TPSA) is 76.1 Å². The number of carbonyl (C=O) groups is 1. The van der Waals surface area contributed by atoms with Gasteiger partial charge < -0.3 is 15.4 Å². The van der Waals surface area contributed by atoms with E-state index in [4.69, 9.17) is 4.74 Å². The zero-order valence-electron chi connectivity index (χ0n) is 18.1. The van der Waals surface area contributed by atoms with E-state index < -0.39 is 0 Å². The molecular weight excluding hydrogens is 420 g/mol. The molecule has 2 heterocycles. The van der Waals surface area contributed by atoms with Gasteiger partial charge in [0.05, 0.1) is 11.8 Å². The number of aromatic nitrogens is 2. The monoisotopic (exact) mass is 444 g/mol. The summed E-state index contributed by atoms with van der Waals surface area (Å²) in [6.45, 7) is 3.98. The molecule has 1 unspecified atom stereocenters. The summed E-state index contributed by atoms with van der Waals surface area (Å²) in [5.41, 5.74) is 6.12. The Kier molecular flexibility index (Phi) is 6.58. The number of ether oxygens (including phenoxy) is 1. The van der Waals surface area contributed by atoms with E-state index in [1.165, 1.54) is 11.3 Å². The Morgan fingerprint density at radius 2 is 1.94 bits per heavy atom. The summed E-state index contributed by atoms with van der Waals surface area (Å²) in [7, 11) is 1.67. The second kappa shape index (κ2) is 9.72. The first kappa shape index (κ1) is 21.7. The number of amides is 1. The molecule has 0 fully saturated rings. The van der Waals surface area contributed by atoms with E-state index in [-0.39, 0.29) is 12.0 Å². The fourth-order valence-electron chi connectivity index (χ4n) is 3.17. The van der Waals surface area contributed by atoms with Gasteiger partial charge in [0.1, 0.15) is 0 Å². The van der Waals surface area contributed by atoms with Crippen LogP contribution in [0, 0.1) is 6.92 Å². The normalized spacial score (nSPS) is 11.7. The zero-order chi connectivity index (χ0) is 22.5. The average Bonchev–Trinajstić information content (AvgIpc) is 3.30. The van der Waals surface area contributed by atoms with Crippen molar-refractivity contribution in [3.8, 4) is 11.3 Å². The molecule has 0 saturated carbocycles. The van der Waals surface area contributed by atoms with Gasteiger partial charge in [-0.15, -0.1) is 11.3 Å². The van der Waals surface area contributed by atoms with Crippen LogP contribution in [0.4, 0.5) is 16.5 Å². The number of nitrogens with zero attached hydrogens (tertiary/aromatic N) is 2. The van der Waals surface area contributed by atoms with Crippen molar-refractivity contribution < 1.29 is 9.53 Å². The molecule has 0 radical (unpaired) electrons. The van der Waals surface area contributed by atoms with Crippen LogP contribution in [0.15, 0.2) is 72.4 Å². The van der Waals surface area contributed by atoms with Crippen molar-refractivity contribution in [1.82, 2.24) is 9.97 Å². The number of hydrogen-bond donors (Lipinski definition) is 2. The predicted molar refractivity (Wildman–Crippen MR) is 130 cm³/mol. The van der Waals surface area contributed by atoms with Crippen LogP contribution in [0.25, 0.3) is 11.3 Å². The lowest BCUT2D eigenvalue weighted by Crippen LogP contribution is -2.12. The van der Waals surface area contributed by atoms with Gasteiger partial charge in [-0.05, 0) is 61.4 Å². The van der Waals surface area contributed by atoms with Crippen LogP contribution in [0.3, 0.4) is 0 Å². The Bertz CT molecular complexity index is 1210. The Balaban J connectivity index is 1.47. The third-order valence-corrected chi connectivity index (χ3v) is 5.95. The molecule has 2 aromatic heterocycles. The number of nitrogens with one attached hydrogen (secondary N) is 2. The molecule has 4 rings (SSSR count). The van der Waals surface area contributed by atoms with Crippen molar-refractivity contribution in [2.24, 2.45) is 0 Å². The summed E-state index contributed by atoms with van der Waals surface area (Å²) >= 11 is 1.52. The van der Waals surface area contributed by atoms with E-state index in [0.29, 0.717) is 11.3 Å². The van der Waals surface area contributed by atoms with Gasteiger partial charge in [0.2, 0.25) is 0 Å². The predicted octanol–water partition coefficient (Wildman–Crippen LogP) is 6.22. The highest BCUT2D eigenvalue weighted by Crippen LogP contribution is 2.29. The van der Waals surface area contributed by atoms with E-state index in [2.05, 4.69) is 20.6 Å². The van der Waals surface area contributed by atoms with Crippen LogP contribution in [0.5, 0.6) is 0 Å². The van der Waals surface area contributed by atoms with Crippen molar-refractivity contribution in [2.75, 3.05) is 17.7 Å². The largest absolute Gasteiger partial charge is 0.377 e. The number of anilines is 3. The Hall–Kier alpha value is -3.55. The van der Waals surface area contributed by atoms with E-state index in [9.17, 15) is 4.79 Å². The highest BCUT2D eigenvalue weighted by molar-refractivity contribution is 7.14. The number of benzene rings is 2. The smallest absolute Gasteiger partial charge is 0.255 e. The fourth-order valence-corrected chi connectivity index (χ4v) is 3.90. The third-order valence-electron chi connectivity index (χ3n) is 5.19. The summed E-state index contributed by atoms with van der Waals surface area (Å²) in [4.78, 5) is 21.5. The maximum absolute atomic E-state index is 12.7. The molecule has 1 atom stereocenters. The van der Waals surface area contributed by atoms with Gasteiger partial charge in [0.15, 0.2) is 5.13 Å². The van der Waals surface area contributed by atoms with Crippen molar-refractivity contribution in [3.63, 3.8) is 0 Å². The number of methoxy groups -OCH3 is 1. The number of pyridine rings is 1. The quantitative estimate of drug-likeness (QED) is 0.354. The Morgan fingerprint density at radius 3 is 2.66 bits per heavy atom. The summed E-state index contributed by atoms with van der Waals surface area (Å²) in [5, 5.41) is 9.10. The first-order chi connectivity index (χ1) is 15.5. The van der Waals surface area contributed by atoms with Crippen LogP contribution in [-0.4, -0.2) is 23.0 Å². The number of thiazole rings is 1. The second-order valence-electron chi connectivity index (χ2n) is 7.39. The van der Waals surface area contributed by atoms with Crippen molar-refractivity contribution >= 4 is 33.8 Å². The molecule has 7 heteroatoms. The van der Waals surface area contributed by atoms with Gasteiger partial charge in [0.25, 0.3) is 5.91 Å². The summed E-state index contributed by atoms with van der Waals surface area (Å²) < 4.78 is 5.32. The maximum Gasteiger partial charge on any atom is 0.255 e. The molecule has 0 saturated heterocycles. The average molecular weight is 445 g/mol. The molecule has 162 valence electrons. The number of aryl methyl sites for hydroxylation is 1. The number of rotatable bonds is 7. The van der Waals surface area contributed by atoms with Crippen molar-refractivity contribution in [3.05, 3.63) is 89.1 Å². The van der Waals surface area contributed by atoms with Gasteiger partial charge in [-0.2, -0.15) is 0 Å². The number of carbonyl (C=O) groups excluding carboxylic acids is 1. The highest BCUT2D eigenvalue weighted by atomic mass is 32.1. The zero-order valence-corrected chi connectivity index (χ0v) is 18.9. The molecule has 1 amide bonds. The van der Waals surface area contributed by atoms with E-state index in [1.807, 2.05) is 73.8 Å². The minimum absolute atomic E-state index is 0.0117. The first-order valence-corrected chi connectivity index (χ1v) is 11.1. The second-order valence-corrected chi connectivity index (χ2v) is 8.25. The minimum Gasteiger partial charge on any atom is -0.377 e. The van der Waals surface area contributed by atoms with Crippen LogP contribution >= 0.6 is 11.3 Å². The van der Waals surface area contributed by atoms with Gasteiger partial charge >= 0.3 is 0 Å². The van der Waals surface area contributed by atoms with E-state index >= 15 is 0 Å². The van der Waals surface area contributed by atoms with Gasteiger partial charge in [-0.25, -0.2) is 4.98 Å². The summed E-state index contributed by atoms with van der Waals surface area (Å²) in [6, 6.07) is 17.1. The van der Waals surface area contributed by atoms with Crippen molar-refractivity contribution in [2.45, 2.75) is 20.0 Å². The summed E-state index contributed by atoms with van der Waals surface area (Å²) in [6.07, 6.45) is 3.53. The van der Waals surface area contributed by atoms with Crippen LogP contribution in [0.2, 0.25) is 0 Å². The number of hydrogen-bond acceptors (Lipinski definition) is 6. The lowest BCUT2D eigenvalue weighted by atomic mass is 10.1. The van der Waals surface area contributed by atoms with Gasteiger partial charge in [0, 0.05) is 47.4 Å². The Morgan fingerprint density at radius 1 is 1.12 bits per heavy atom. The maximum atomic E-state index is 12.7. The van der Waals surface area contributed by atoms with Crippen LogP contribution in [0.1, 0.15) is 34.5 Å². The first-order valence-electron chi connectivity index (χ1n) is 10.2. The summed E-state index contributed by atoms with van der Waals surface area (Å²) in [5.74, 6) is -0.162. The molecule has 0 aliphatic heterocycles. The molecule has 32 heavy (non-hydrogen) atoms. The Labute approximate surface area is 191 Å². The fraction of sp³-hybridized carbons (Fsp3) is 0.160. The molecule has 4 aromatic rings. The SMILES string of the molecule is COC(C)c1ccc(C(=O)Nc2ccc(C)c(Nc3nc(-c4cccnc4)cs3)c2)cc1. The molecule has 0 aliphatic rings. The lowest BCUT2D eigenvalue weighted by Gasteiger charge is -2.12. The van der Waals surface area contributed by atoms with Crippen LogP contribution < -0.4 is 10.6 Å². The molecular formula is C25H24N4O2S. The van der Waals surface area contributed by atoms with Gasteiger partial charge in [-0.3, -0.25) is 9.78 Å². The molecule has 2 N–H and O–H groups in total. The van der Waals surface area contributed by atoms with Crippen molar-refractivity contribution in [1.29, 1.82) is 0 Å². The standard InChI is InChI=1S/C25H24N4O2S/c1-16-6-11-21(27-24(30)19-9-7-18(8-10-19)17(2)31-3)13-22(16)28-25-29-23(15-32-25)20-5-4-12-26-14-20/h4-15,17H,1-3H3,(H,27,30)(H,28,29). The molecule has 6 nitrogen and oxygen atoms in total. The van der Waals surface area contributed by atoms with E-state index in [1.54, 1.807) is 19.5 Å². The third kappa shape index (κ3) is 5.01. The molecule has 0 aliphatic carbocycles. The highest BCUT2D eigenvalue weighted by Gasteiger charge is 2.11. The van der Waals surface area contributed by atoms with E-state index in [0.717, 1.165) is 33.2 Å². The molecule has 0 spiro atoms. The minimum atomic E-state index is -0.162. The molecule has 2 aromatic carbocycles. The van der Waals surface area contributed by atoms with Gasteiger partial charge in [-0.1, -0.05) is 18.2 Å². The molecule has 0 bridgehead atoms.